The number of nitrogens with two attached hydrogens (primary N) is 1. The van der Waals surface area contributed by atoms with Crippen LogP contribution >= 0.6 is 11.6 Å². The number of hydrogen-bond acceptors (Lipinski definition) is 4. The Bertz CT molecular complexity index is 538. The molecule has 2 aromatic heterocycles. The van der Waals surface area contributed by atoms with Crippen LogP contribution in [0.5, 0.6) is 11.8 Å². The van der Waals surface area contributed by atoms with Gasteiger partial charge < -0.3 is 10.5 Å². The van der Waals surface area contributed by atoms with Crippen molar-refractivity contribution in [3.63, 3.8) is 0 Å². The van der Waals surface area contributed by atoms with E-state index in [0.29, 0.717) is 23.3 Å². The normalized spacial score (nSPS) is 10.6. The van der Waals surface area contributed by atoms with E-state index in [-0.39, 0.29) is 0 Å². The van der Waals surface area contributed by atoms with E-state index in [2.05, 4.69) is 10.1 Å². The average Bonchev–Trinajstić information content (AvgIpc) is 2.60. The molecule has 0 fully saturated rings. The number of pyridine rings is 1. The largest absolute Gasteiger partial charge is 0.419 e. The van der Waals surface area contributed by atoms with Gasteiger partial charge in [-0.2, -0.15) is 5.10 Å². The summed E-state index contributed by atoms with van der Waals surface area (Å²) in [6, 6.07) is 3.58. The van der Waals surface area contributed by atoms with Crippen molar-refractivity contribution in [2.75, 3.05) is 0 Å². The smallest absolute Gasteiger partial charge is 0.240 e. The molecule has 0 radical (unpaired) electrons. The topological polar surface area (TPSA) is 66.0 Å². The third kappa shape index (κ3) is 2.40. The molecule has 0 saturated heterocycles. The Morgan fingerprint density at radius 1 is 1.53 bits per heavy atom. The number of hydrogen-bond donors (Lipinski definition) is 1. The van der Waals surface area contributed by atoms with E-state index in [4.69, 9.17) is 22.1 Å². The molecule has 0 amide bonds. The summed E-state index contributed by atoms with van der Waals surface area (Å²) in [7, 11) is 1.79. The summed E-state index contributed by atoms with van der Waals surface area (Å²) in [4.78, 5) is 4.08. The minimum absolute atomic E-state index is 0.345. The molecule has 2 N–H and O–H groups in total. The van der Waals surface area contributed by atoms with Crippen molar-refractivity contribution in [3.05, 3.63) is 34.6 Å². The summed E-state index contributed by atoms with van der Waals surface area (Å²) in [6.07, 6.45) is 1.62. The molecule has 0 spiro atoms. The SMILES string of the molecule is Cc1cc(Oc2nccc(CN)c2Cl)n(C)n1. The first-order valence-corrected chi connectivity index (χ1v) is 5.51. The number of aromatic nitrogens is 3. The van der Waals surface area contributed by atoms with Crippen molar-refractivity contribution in [3.8, 4) is 11.8 Å². The molecule has 5 nitrogen and oxygen atoms in total. The van der Waals surface area contributed by atoms with Gasteiger partial charge in [-0.3, -0.25) is 0 Å². The average molecular weight is 253 g/mol. The third-order valence-corrected chi connectivity index (χ3v) is 2.72. The second-order valence-corrected chi connectivity index (χ2v) is 4.02. The number of nitrogens with zero attached hydrogens (tertiary/aromatic N) is 3. The fraction of sp³-hybridized carbons (Fsp3) is 0.273. The molecule has 6 heteroatoms. The number of aryl methyl sites for hydroxylation is 2. The van der Waals surface area contributed by atoms with Gasteiger partial charge in [0.15, 0.2) is 0 Å². The number of rotatable bonds is 3. The molecule has 2 heterocycles. The molecule has 0 bridgehead atoms. The first-order chi connectivity index (χ1) is 8.11. The Kier molecular flexibility index (Phi) is 3.31. The lowest BCUT2D eigenvalue weighted by Gasteiger charge is -2.08. The van der Waals surface area contributed by atoms with Crippen LogP contribution in [0.2, 0.25) is 5.02 Å². The van der Waals surface area contributed by atoms with Crippen LogP contribution in [0, 0.1) is 6.92 Å². The van der Waals surface area contributed by atoms with Gasteiger partial charge in [-0.25, -0.2) is 9.67 Å². The van der Waals surface area contributed by atoms with Gasteiger partial charge in [-0.15, -0.1) is 0 Å². The lowest BCUT2D eigenvalue weighted by molar-refractivity contribution is 0.415. The Hall–Kier alpha value is -1.59. The Morgan fingerprint density at radius 3 is 2.88 bits per heavy atom. The van der Waals surface area contributed by atoms with Crippen molar-refractivity contribution >= 4 is 11.6 Å². The molecule has 0 atom stereocenters. The first kappa shape index (κ1) is 11.9. The maximum absolute atomic E-state index is 6.12. The van der Waals surface area contributed by atoms with Crippen LogP contribution < -0.4 is 10.5 Å². The number of ether oxygens (including phenoxy) is 1. The maximum Gasteiger partial charge on any atom is 0.240 e. The Labute approximate surface area is 104 Å². The highest BCUT2D eigenvalue weighted by Crippen LogP contribution is 2.29. The molecule has 90 valence electrons. The predicted octanol–water partition coefficient (Wildman–Crippen LogP) is 2.03. The molecule has 2 aromatic rings. The molecule has 17 heavy (non-hydrogen) atoms. The number of halogens is 1. The molecule has 0 aromatic carbocycles. The van der Waals surface area contributed by atoms with E-state index in [1.807, 2.05) is 13.0 Å². The van der Waals surface area contributed by atoms with Gasteiger partial charge >= 0.3 is 0 Å². The highest BCUT2D eigenvalue weighted by molar-refractivity contribution is 6.32. The van der Waals surface area contributed by atoms with Crippen LogP contribution in [-0.2, 0) is 13.6 Å². The summed E-state index contributed by atoms with van der Waals surface area (Å²) in [6.45, 7) is 2.24. The molecular formula is C11H13ClN4O. The van der Waals surface area contributed by atoms with E-state index in [1.165, 1.54) is 0 Å². The van der Waals surface area contributed by atoms with Crippen LogP contribution in [0.1, 0.15) is 11.3 Å². The van der Waals surface area contributed by atoms with E-state index < -0.39 is 0 Å². The standard InChI is InChI=1S/C11H13ClN4O/c1-7-5-9(16(2)15-7)17-11-10(12)8(6-13)3-4-14-11/h3-5H,6,13H2,1-2H3. The van der Waals surface area contributed by atoms with Gasteiger partial charge in [0.2, 0.25) is 11.8 Å². The molecule has 0 aliphatic heterocycles. The zero-order valence-corrected chi connectivity index (χ0v) is 10.4. The van der Waals surface area contributed by atoms with Crippen LogP contribution in [0.3, 0.4) is 0 Å². The molecular weight excluding hydrogens is 240 g/mol. The maximum atomic E-state index is 6.12. The van der Waals surface area contributed by atoms with E-state index in [0.717, 1.165) is 11.3 Å². The van der Waals surface area contributed by atoms with Crippen molar-refractivity contribution < 1.29 is 4.74 Å². The zero-order chi connectivity index (χ0) is 12.4. The summed E-state index contributed by atoms with van der Waals surface area (Å²) in [5, 5.41) is 4.61. The summed E-state index contributed by atoms with van der Waals surface area (Å²) in [5.41, 5.74) is 7.23. The monoisotopic (exact) mass is 252 g/mol. The molecule has 2 rings (SSSR count). The second kappa shape index (κ2) is 4.73. The van der Waals surface area contributed by atoms with Crippen molar-refractivity contribution in [2.45, 2.75) is 13.5 Å². The van der Waals surface area contributed by atoms with Gasteiger partial charge in [-0.05, 0) is 18.6 Å². The fourth-order valence-corrected chi connectivity index (χ4v) is 1.70. The van der Waals surface area contributed by atoms with Crippen molar-refractivity contribution in [1.82, 2.24) is 14.8 Å². The molecule has 0 aliphatic carbocycles. The lowest BCUT2D eigenvalue weighted by Crippen LogP contribution is -2.01. The molecule has 0 saturated carbocycles. The van der Waals surface area contributed by atoms with E-state index in [9.17, 15) is 0 Å². The van der Waals surface area contributed by atoms with Gasteiger partial charge in [0.1, 0.15) is 5.02 Å². The van der Waals surface area contributed by atoms with Crippen LogP contribution in [0.4, 0.5) is 0 Å². The third-order valence-electron chi connectivity index (χ3n) is 2.32. The van der Waals surface area contributed by atoms with E-state index >= 15 is 0 Å². The summed E-state index contributed by atoms with van der Waals surface area (Å²) >= 11 is 6.12. The van der Waals surface area contributed by atoms with Gasteiger partial charge in [0.25, 0.3) is 0 Å². The minimum Gasteiger partial charge on any atom is -0.419 e. The van der Waals surface area contributed by atoms with Gasteiger partial charge in [0.05, 0.1) is 5.69 Å². The van der Waals surface area contributed by atoms with Gasteiger partial charge in [0, 0.05) is 25.9 Å². The van der Waals surface area contributed by atoms with Gasteiger partial charge in [-0.1, -0.05) is 11.6 Å². The second-order valence-electron chi connectivity index (χ2n) is 3.64. The highest BCUT2D eigenvalue weighted by atomic mass is 35.5. The van der Waals surface area contributed by atoms with E-state index in [1.54, 1.807) is 24.0 Å². The van der Waals surface area contributed by atoms with Crippen LogP contribution in [0.15, 0.2) is 18.3 Å². The zero-order valence-electron chi connectivity index (χ0n) is 9.64. The van der Waals surface area contributed by atoms with Crippen molar-refractivity contribution in [2.24, 2.45) is 12.8 Å². The predicted molar refractivity (Wildman–Crippen MR) is 65.2 cm³/mol. The van der Waals surface area contributed by atoms with Crippen LogP contribution in [0.25, 0.3) is 0 Å². The summed E-state index contributed by atoms with van der Waals surface area (Å²) in [5.74, 6) is 0.934. The molecule has 0 aliphatic rings. The minimum atomic E-state index is 0.345. The molecule has 0 unspecified atom stereocenters. The fourth-order valence-electron chi connectivity index (χ4n) is 1.47. The van der Waals surface area contributed by atoms with Crippen LogP contribution in [-0.4, -0.2) is 14.8 Å². The Balaban J connectivity index is 2.33. The highest BCUT2D eigenvalue weighted by Gasteiger charge is 2.11. The quantitative estimate of drug-likeness (QED) is 0.908. The first-order valence-electron chi connectivity index (χ1n) is 5.13. The van der Waals surface area contributed by atoms with Crippen molar-refractivity contribution in [1.29, 1.82) is 0 Å². The lowest BCUT2D eigenvalue weighted by atomic mass is 10.3. The Morgan fingerprint density at radius 2 is 2.29 bits per heavy atom. The summed E-state index contributed by atoms with van der Waals surface area (Å²) < 4.78 is 7.23.